The number of carbonyl (C=O) groups is 4. The number of carbonyl (C=O) groups excluding carboxylic acids is 4. The van der Waals surface area contributed by atoms with Gasteiger partial charge in [0.15, 0.2) is 40.7 Å². The summed E-state index contributed by atoms with van der Waals surface area (Å²) < 4.78 is 117. The average molecular weight is 1880 g/mol. The van der Waals surface area contributed by atoms with E-state index < -0.39 is 47.0 Å². The number of urea groups is 4. The Balaban J connectivity index is 0.000000154. The molecule has 8 aromatic carbocycles. The van der Waals surface area contributed by atoms with Crippen LogP contribution in [0.25, 0.3) is 44.8 Å². The highest BCUT2D eigenvalue weighted by molar-refractivity contribution is 5.96. The molecule has 720 valence electrons. The molecule has 0 aliphatic carbocycles. The minimum absolute atomic E-state index is 0.0143. The van der Waals surface area contributed by atoms with Crippen molar-refractivity contribution in [2.75, 3.05) is 155 Å². The fourth-order valence-electron chi connectivity index (χ4n) is 17.9. The van der Waals surface area contributed by atoms with Gasteiger partial charge in [-0.1, -0.05) is 175 Å². The maximum Gasteiger partial charge on any atom is 0.320 e. The van der Waals surface area contributed by atoms with Gasteiger partial charge >= 0.3 is 24.1 Å². The van der Waals surface area contributed by atoms with Gasteiger partial charge in [0.05, 0.1) is 61.7 Å². The summed E-state index contributed by atoms with van der Waals surface area (Å²) in [5.41, 5.74) is 8.50. The molecular weight excluding hydrogens is 1760 g/mol. The molecule has 8 amide bonds. The van der Waals surface area contributed by atoms with Gasteiger partial charge in [-0.15, -0.1) is 0 Å². The topological polar surface area (TPSA) is 312 Å². The molecule has 136 heavy (non-hydrogen) atoms. The summed E-state index contributed by atoms with van der Waals surface area (Å²) in [6.45, 7) is 15.9. The molecule has 4 saturated heterocycles. The van der Waals surface area contributed by atoms with E-state index in [9.17, 15) is 55.1 Å². The fraction of sp³-hybridized carbons (Fsp3) is 0.360. The van der Waals surface area contributed by atoms with E-state index in [0.717, 1.165) is 54.8 Å². The quantitative estimate of drug-likeness (QED) is 0.0202. The first-order chi connectivity index (χ1) is 65.6. The van der Waals surface area contributed by atoms with Crippen molar-refractivity contribution >= 4 is 47.3 Å². The normalized spacial score (nSPS) is 18.2. The van der Waals surface area contributed by atoms with Gasteiger partial charge in [-0.05, 0) is 90.6 Å². The average Bonchev–Trinajstić information content (AvgIpc) is 1.62. The van der Waals surface area contributed by atoms with Gasteiger partial charge in [0.1, 0.15) is 40.4 Å². The highest BCUT2D eigenvalue weighted by atomic mass is 19.2. The summed E-state index contributed by atoms with van der Waals surface area (Å²) in [5, 5.41) is 27.9. The molecule has 0 spiro atoms. The molecule has 36 heteroatoms. The predicted molar refractivity (Wildman–Crippen MR) is 510 cm³/mol. The van der Waals surface area contributed by atoms with E-state index in [0.29, 0.717) is 171 Å². The lowest BCUT2D eigenvalue weighted by Gasteiger charge is -2.21. The van der Waals surface area contributed by atoms with Crippen LogP contribution >= 0.6 is 0 Å². The van der Waals surface area contributed by atoms with Gasteiger partial charge in [-0.25, -0.2) is 55.2 Å². The van der Waals surface area contributed by atoms with Crippen molar-refractivity contribution in [2.45, 2.75) is 75.2 Å². The molecule has 12 aromatic rings. The molecular formula is C100H117F6N19O11. The summed E-state index contributed by atoms with van der Waals surface area (Å²) in [6, 6.07) is 56.9. The predicted octanol–water partition coefficient (Wildman–Crippen LogP) is 14.1. The van der Waals surface area contributed by atoms with Crippen molar-refractivity contribution in [1.82, 2.24) is 74.3 Å². The minimum Gasteiger partial charge on any atom is -0.383 e. The molecule has 0 bridgehead atoms. The van der Waals surface area contributed by atoms with Crippen LogP contribution in [-0.4, -0.2) is 235 Å². The second-order valence-electron chi connectivity index (χ2n) is 33.9. The largest absolute Gasteiger partial charge is 0.383 e. The number of amides is 8. The van der Waals surface area contributed by atoms with Gasteiger partial charge in [-0.3, -0.25) is 59.2 Å². The highest BCUT2D eigenvalue weighted by Crippen LogP contribution is 2.37. The molecule has 8 heterocycles. The first-order valence-electron chi connectivity index (χ1n) is 45.0. The molecule has 16 rings (SSSR count). The maximum absolute atomic E-state index is 14.0. The van der Waals surface area contributed by atoms with Crippen LogP contribution in [-0.2, 0) is 53.7 Å². The van der Waals surface area contributed by atoms with Gasteiger partial charge in [0.25, 0.3) is 11.1 Å². The van der Waals surface area contributed by atoms with Crippen LogP contribution in [0, 0.1) is 48.8 Å². The summed E-state index contributed by atoms with van der Waals surface area (Å²) >= 11 is 0. The number of nitrogens with one attached hydrogen (secondary N) is 8. The van der Waals surface area contributed by atoms with Crippen molar-refractivity contribution in [1.29, 1.82) is 0 Å². The van der Waals surface area contributed by atoms with Gasteiger partial charge in [-0.2, -0.15) is 0 Å². The number of anilines is 4. The third-order valence-electron chi connectivity index (χ3n) is 25.2. The standard InChI is InChI=1S/C26H31F2N5O3.C25H29F2N5O3.C25H29F2N5O2.C24H28N4O3/c1-4-33-25(34)23(17-8-6-5-7-9-17)24(31(33)2)30-26(35)29-22-16-32(12-13-36-3)15-19(22)18-10-11-20(27)21(28)14-18;1-30-23(22(24(33)31(30)2)16-7-5-4-6-8-16)29-25(34)28-21-15-32(11-12-35-3)14-18(21)17-9-10-19(26)20(27)13-17;1-16-28-23(17-7-5-4-6-8-17)24(31(16)2)30-25(33)29-22-15-32(11-12-34-3)14-19(22)18-9-10-20(26)21(27)13-18;1-17-22(23(27-31-17)19-11-7-4-8-12-19)26-24(29)25-21-16-28(13-14-30-2)15-20(21)18-9-5-3-6-10-18/h5-11,14,19,22H,4,12-13,15-16H2,1-3H3,(H2,29,30,35);4-10,13,18,21H,11-12,14-15H2,1-3H3,(H2,28,29,34);4-10,13,19,22H,11-12,14-15H2,1-3H3,(H2,29,30,33);3-12,20-21H,13-16H2,1-2H3,(H2,25,26,29)/t19-,22+;18-,21+;19-,22+;20?,21-/m0001/s1. The van der Waals surface area contributed by atoms with Crippen molar-refractivity contribution in [3.8, 4) is 44.8 Å². The summed E-state index contributed by atoms with van der Waals surface area (Å²) in [5.74, 6) is -3.28. The number of methoxy groups -OCH3 is 4. The number of hydrogen-bond donors (Lipinski definition) is 8. The van der Waals surface area contributed by atoms with Crippen LogP contribution in [0.5, 0.6) is 0 Å². The van der Waals surface area contributed by atoms with Crippen LogP contribution in [0.1, 0.15) is 64.4 Å². The first-order valence-corrected chi connectivity index (χ1v) is 45.0. The molecule has 1 unspecified atom stereocenters. The Hall–Kier alpha value is -13.5. The number of rotatable bonds is 29. The summed E-state index contributed by atoms with van der Waals surface area (Å²) in [7, 11) is 13.4. The number of ether oxygens (including phenoxy) is 4. The van der Waals surface area contributed by atoms with E-state index in [4.69, 9.17) is 23.5 Å². The van der Waals surface area contributed by atoms with Crippen molar-refractivity contribution in [2.24, 2.45) is 28.2 Å². The highest BCUT2D eigenvalue weighted by Gasteiger charge is 2.41. The number of likely N-dealkylation sites (tertiary alicyclic amines) is 4. The summed E-state index contributed by atoms with van der Waals surface area (Å²) in [4.78, 5) is 91.6. The monoisotopic (exact) mass is 1870 g/mol. The minimum atomic E-state index is -0.923. The fourth-order valence-corrected chi connectivity index (χ4v) is 17.9. The van der Waals surface area contributed by atoms with Crippen molar-refractivity contribution in [3.63, 3.8) is 0 Å². The van der Waals surface area contributed by atoms with E-state index in [1.165, 1.54) is 28.4 Å². The zero-order chi connectivity index (χ0) is 96.8. The number of aromatic nitrogens is 7. The van der Waals surface area contributed by atoms with Gasteiger partial charge in [0.2, 0.25) is 0 Å². The number of nitrogens with zero attached hydrogens (tertiary/aromatic N) is 11. The van der Waals surface area contributed by atoms with Gasteiger partial charge in [0, 0.05) is 177 Å². The third-order valence-corrected chi connectivity index (χ3v) is 25.2. The molecule has 8 N–H and O–H groups in total. The van der Waals surface area contributed by atoms with E-state index >= 15 is 0 Å². The Kier molecular flexibility index (Phi) is 34.7. The molecule has 30 nitrogen and oxygen atoms in total. The number of halogens is 6. The molecule has 0 saturated carbocycles. The van der Waals surface area contributed by atoms with Crippen LogP contribution in [0.15, 0.2) is 220 Å². The number of aryl methyl sites for hydroxylation is 2. The Bertz CT molecular complexity index is 6150. The van der Waals surface area contributed by atoms with Crippen LogP contribution in [0.4, 0.5) is 68.7 Å². The lowest BCUT2D eigenvalue weighted by Crippen LogP contribution is -2.42. The number of benzene rings is 8. The van der Waals surface area contributed by atoms with Crippen LogP contribution in [0.2, 0.25) is 0 Å². The van der Waals surface area contributed by atoms with Gasteiger partial charge < -0.3 is 54.6 Å². The zero-order valence-corrected chi connectivity index (χ0v) is 77.9. The Morgan fingerprint density at radius 1 is 0.375 bits per heavy atom. The molecule has 8 atom stereocenters. The first kappa shape index (κ1) is 100. The Labute approximate surface area is 785 Å². The van der Waals surface area contributed by atoms with E-state index in [1.807, 2.05) is 165 Å². The molecule has 0 radical (unpaired) electrons. The lowest BCUT2D eigenvalue weighted by atomic mass is 9.94. The SMILES string of the molecule is CCn1c(=O)c(-c2ccccc2)c(NC(=O)N[C@@H]2CN(CCOC)C[C@H]2c2ccc(F)c(F)c2)n1C.COCCN1CC(c2ccccc2)[C@H](NC(=O)Nc2c(-c3ccccc3)noc2C)C1.COCCN1C[C@@H](NC(=O)Nc2c(-c3ccccc3)c(=O)n(C)n2C)[C@H](c2ccc(F)c(F)c2)C1.COCCN1C[C@@H](NC(=O)Nc2c(-c3ccccc3)nc(C)n2C)[C@H](c2ccc(F)c(F)c2)C1. The van der Waals surface area contributed by atoms with Crippen molar-refractivity contribution in [3.05, 3.63) is 296 Å². The van der Waals surface area contributed by atoms with E-state index in [2.05, 4.69) is 84.4 Å². The Morgan fingerprint density at radius 2 is 0.699 bits per heavy atom. The van der Waals surface area contributed by atoms with E-state index in [1.54, 1.807) is 88.8 Å². The lowest BCUT2D eigenvalue weighted by molar-refractivity contribution is 0.159. The smallest absolute Gasteiger partial charge is 0.320 e. The van der Waals surface area contributed by atoms with Crippen LogP contribution in [0.3, 0.4) is 0 Å². The maximum atomic E-state index is 14.0. The number of imidazole rings is 1. The molecule has 4 aliphatic rings. The van der Waals surface area contributed by atoms with E-state index in [-0.39, 0.29) is 71.0 Å². The second kappa shape index (κ2) is 47.1. The van der Waals surface area contributed by atoms with Crippen molar-refractivity contribution < 1.29 is 69.0 Å². The molecule has 4 aromatic heterocycles. The third kappa shape index (κ3) is 24.6. The zero-order valence-electron chi connectivity index (χ0n) is 77.9. The summed E-state index contributed by atoms with van der Waals surface area (Å²) in [6.07, 6.45) is 0. The Morgan fingerprint density at radius 3 is 1.06 bits per heavy atom. The molecule has 4 fully saturated rings. The van der Waals surface area contributed by atoms with Crippen LogP contribution < -0.4 is 53.7 Å². The second-order valence-corrected chi connectivity index (χ2v) is 33.9. The molecule has 4 aliphatic heterocycles. The number of hydrogen-bond acceptors (Lipinski definition) is 17.